The SMILES string of the molecule is CCC(=O)CCN(OC)C1CNC1. The maximum Gasteiger partial charge on any atom is 0.134 e. The Bertz CT molecular complexity index is 169. The van der Waals surface area contributed by atoms with Gasteiger partial charge in [0.15, 0.2) is 0 Å². The lowest BCUT2D eigenvalue weighted by Gasteiger charge is -2.36. The van der Waals surface area contributed by atoms with Gasteiger partial charge in [-0.25, -0.2) is 0 Å². The monoisotopic (exact) mass is 186 g/mol. The summed E-state index contributed by atoms with van der Waals surface area (Å²) in [5.74, 6) is 0.300. The summed E-state index contributed by atoms with van der Waals surface area (Å²) < 4.78 is 0. The quantitative estimate of drug-likeness (QED) is 0.601. The van der Waals surface area contributed by atoms with Crippen LogP contribution in [-0.2, 0) is 9.63 Å². The van der Waals surface area contributed by atoms with E-state index < -0.39 is 0 Å². The Labute approximate surface area is 79.2 Å². The molecule has 1 N–H and O–H groups in total. The Morgan fingerprint density at radius 2 is 2.31 bits per heavy atom. The van der Waals surface area contributed by atoms with Crippen molar-refractivity contribution in [3.63, 3.8) is 0 Å². The van der Waals surface area contributed by atoms with Gasteiger partial charge in [-0.05, 0) is 0 Å². The lowest BCUT2D eigenvalue weighted by molar-refractivity contribution is -0.173. The highest BCUT2D eigenvalue weighted by molar-refractivity contribution is 5.78. The molecule has 1 heterocycles. The molecule has 0 saturated carbocycles. The fourth-order valence-corrected chi connectivity index (χ4v) is 1.31. The van der Waals surface area contributed by atoms with E-state index in [1.54, 1.807) is 7.11 Å². The van der Waals surface area contributed by atoms with Crippen LogP contribution in [0.2, 0.25) is 0 Å². The van der Waals surface area contributed by atoms with Gasteiger partial charge < -0.3 is 10.2 Å². The van der Waals surface area contributed by atoms with E-state index in [0.717, 1.165) is 19.6 Å². The summed E-state index contributed by atoms with van der Waals surface area (Å²) >= 11 is 0. The van der Waals surface area contributed by atoms with Crippen molar-refractivity contribution in [3.05, 3.63) is 0 Å². The van der Waals surface area contributed by atoms with Gasteiger partial charge in [0.2, 0.25) is 0 Å². The lowest BCUT2D eigenvalue weighted by atomic mass is 10.1. The molecule has 0 aromatic carbocycles. The molecule has 76 valence electrons. The van der Waals surface area contributed by atoms with Crippen LogP contribution >= 0.6 is 0 Å². The van der Waals surface area contributed by atoms with Gasteiger partial charge in [-0.2, -0.15) is 5.06 Å². The highest BCUT2D eigenvalue weighted by Gasteiger charge is 2.24. The predicted molar refractivity (Wildman–Crippen MR) is 50.3 cm³/mol. The van der Waals surface area contributed by atoms with Crippen LogP contribution in [0, 0.1) is 0 Å². The molecule has 0 radical (unpaired) electrons. The van der Waals surface area contributed by atoms with Crippen molar-refractivity contribution in [2.45, 2.75) is 25.8 Å². The molecule has 4 heteroatoms. The Morgan fingerprint density at radius 3 is 2.69 bits per heavy atom. The lowest BCUT2D eigenvalue weighted by Crippen LogP contribution is -2.57. The van der Waals surface area contributed by atoms with E-state index in [1.807, 2.05) is 12.0 Å². The van der Waals surface area contributed by atoms with Gasteiger partial charge >= 0.3 is 0 Å². The molecule has 1 aliphatic rings. The van der Waals surface area contributed by atoms with E-state index in [-0.39, 0.29) is 0 Å². The fraction of sp³-hybridized carbons (Fsp3) is 0.889. The van der Waals surface area contributed by atoms with Crippen LogP contribution in [0.3, 0.4) is 0 Å². The van der Waals surface area contributed by atoms with Gasteiger partial charge in [0.1, 0.15) is 5.78 Å². The first-order chi connectivity index (χ1) is 6.27. The molecule has 0 unspecified atom stereocenters. The van der Waals surface area contributed by atoms with Crippen molar-refractivity contribution in [2.24, 2.45) is 0 Å². The minimum Gasteiger partial charge on any atom is -0.313 e. The van der Waals surface area contributed by atoms with Crippen LogP contribution in [-0.4, -0.2) is 43.6 Å². The summed E-state index contributed by atoms with van der Waals surface area (Å²) in [5, 5.41) is 5.06. The maximum atomic E-state index is 11.1. The number of nitrogens with zero attached hydrogens (tertiary/aromatic N) is 1. The molecule has 0 aromatic rings. The van der Waals surface area contributed by atoms with Gasteiger partial charge in [0, 0.05) is 32.5 Å². The van der Waals surface area contributed by atoms with Crippen LogP contribution in [0.5, 0.6) is 0 Å². The van der Waals surface area contributed by atoms with Crippen LogP contribution in [0.1, 0.15) is 19.8 Å². The largest absolute Gasteiger partial charge is 0.313 e. The topological polar surface area (TPSA) is 41.6 Å². The summed E-state index contributed by atoms with van der Waals surface area (Å²) in [7, 11) is 1.66. The third kappa shape index (κ3) is 3.06. The number of hydrogen-bond donors (Lipinski definition) is 1. The van der Waals surface area contributed by atoms with Crippen LogP contribution < -0.4 is 5.32 Å². The van der Waals surface area contributed by atoms with Gasteiger partial charge in [0.05, 0.1) is 13.2 Å². The van der Waals surface area contributed by atoms with Crippen molar-refractivity contribution in [1.82, 2.24) is 10.4 Å². The van der Waals surface area contributed by atoms with Crippen molar-refractivity contribution >= 4 is 5.78 Å². The Balaban J connectivity index is 2.19. The number of carbonyl (C=O) groups excluding carboxylic acids is 1. The Hall–Kier alpha value is -0.450. The summed E-state index contributed by atoms with van der Waals surface area (Å²) in [6.07, 6.45) is 1.22. The predicted octanol–water partition coefficient (Wildman–Crippen LogP) is 0.191. The smallest absolute Gasteiger partial charge is 0.134 e. The second-order valence-electron chi connectivity index (χ2n) is 3.28. The highest BCUT2D eigenvalue weighted by atomic mass is 16.7. The first-order valence-electron chi connectivity index (χ1n) is 4.81. The third-order valence-electron chi connectivity index (χ3n) is 2.41. The molecular weight excluding hydrogens is 168 g/mol. The summed E-state index contributed by atoms with van der Waals surface area (Å²) in [5.41, 5.74) is 0. The standard InChI is InChI=1S/C9H18N2O2/c1-3-9(12)4-5-11(13-2)8-6-10-7-8/h8,10H,3-7H2,1-2H3. The Kier molecular flexibility index (Phi) is 4.35. The summed E-state index contributed by atoms with van der Waals surface area (Å²) in [6, 6.07) is 0.453. The van der Waals surface area contributed by atoms with Crippen molar-refractivity contribution in [1.29, 1.82) is 0 Å². The fourth-order valence-electron chi connectivity index (χ4n) is 1.31. The molecule has 0 atom stereocenters. The van der Waals surface area contributed by atoms with E-state index >= 15 is 0 Å². The second-order valence-corrected chi connectivity index (χ2v) is 3.28. The second kappa shape index (κ2) is 5.32. The van der Waals surface area contributed by atoms with Crippen molar-refractivity contribution in [3.8, 4) is 0 Å². The van der Waals surface area contributed by atoms with Gasteiger partial charge in [0.25, 0.3) is 0 Å². The van der Waals surface area contributed by atoms with E-state index in [2.05, 4.69) is 5.32 Å². The van der Waals surface area contributed by atoms with Gasteiger partial charge in [-0.1, -0.05) is 6.92 Å². The number of ketones is 1. The van der Waals surface area contributed by atoms with Crippen molar-refractivity contribution in [2.75, 3.05) is 26.7 Å². The number of nitrogens with one attached hydrogen (secondary N) is 1. The molecule has 4 nitrogen and oxygen atoms in total. The van der Waals surface area contributed by atoms with Crippen LogP contribution in [0.4, 0.5) is 0 Å². The summed E-state index contributed by atoms with van der Waals surface area (Å²) in [6.45, 7) is 4.54. The molecule has 0 aliphatic carbocycles. The van der Waals surface area contributed by atoms with E-state index in [1.165, 1.54) is 0 Å². The minimum absolute atomic E-state index is 0.300. The average Bonchev–Trinajstić information content (AvgIpc) is 2.08. The molecule has 1 fully saturated rings. The number of hydroxylamine groups is 2. The summed E-state index contributed by atoms with van der Waals surface area (Å²) in [4.78, 5) is 16.3. The van der Waals surface area contributed by atoms with Gasteiger partial charge in [-0.3, -0.25) is 4.79 Å². The first-order valence-corrected chi connectivity index (χ1v) is 4.81. The highest BCUT2D eigenvalue weighted by Crippen LogP contribution is 2.06. The molecular formula is C9H18N2O2. The van der Waals surface area contributed by atoms with Crippen LogP contribution in [0.25, 0.3) is 0 Å². The zero-order chi connectivity index (χ0) is 9.68. The zero-order valence-electron chi connectivity index (χ0n) is 8.38. The number of rotatable bonds is 6. The third-order valence-corrected chi connectivity index (χ3v) is 2.41. The molecule has 0 aromatic heterocycles. The normalized spacial score (nSPS) is 17.5. The van der Waals surface area contributed by atoms with E-state index in [9.17, 15) is 4.79 Å². The molecule has 1 aliphatic heterocycles. The molecule has 0 amide bonds. The van der Waals surface area contributed by atoms with Crippen LogP contribution in [0.15, 0.2) is 0 Å². The van der Waals surface area contributed by atoms with E-state index in [4.69, 9.17) is 4.84 Å². The number of carbonyl (C=O) groups is 1. The molecule has 1 saturated heterocycles. The Morgan fingerprint density at radius 1 is 1.62 bits per heavy atom. The average molecular weight is 186 g/mol. The van der Waals surface area contributed by atoms with Gasteiger partial charge in [-0.15, -0.1) is 0 Å². The minimum atomic E-state index is 0.300. The molecule has 0 bridgehead atoms. The molecule has 13 heavy (non-hydrogen) atoms. The van der Waals surface area contributed by atoms with Crippen molar-refractivity contribution < 1.29 is 9.63 Å². The molecule has 1 rings (SSSR count). The zero-order valence-corrected chi connectivity index (χ0v) is 8.38. The maximum absolute atomic E-state index is 11.1. The molecule has 0 spiro atoms. The number of hydrogen-bond acceptors (Lipinski definition) is 4. The number of Topliss-reactive ketones (excluding diaryl/α,β-unsaturated/α-hetero) is 1. The van der Waals surface area contributed by atoms with E-state index in [0.29, 0.717) is 24.7 Å². The first kappa shape index (κ1) is 10.6.